The first kappa shape index (κ1) is 16.5. The zero-order valence-electron chi connectivity index (χ0n) is 11.7. The minimum absolute atomic E-state index is 0.0424. The number of alkyl halides is 1. The van der Waals surface area contributed by atoms with Gasteiger partial charge in [0.15, 0.2) is 0 Å². The van der Waals surface area contributed by atoms with E-state index < -0.39 is 0 Å². The van der Waals surface area contributed by atoms with Gasteiger partial charge in [0.1, 0.15) is 11.5 Å². The molecule has 21 heavy (non-hydrogen) atoms. The Balaban J connectivity index is 2.31. The van der Waals surface area contributed by atoms with E-state index in [-0.39, 0.29) is 4.83 Å². The van der Waals surface area contributed by atoms with Crippen LogP contribution in [0.4, 0.5) is 0 Å². The zero-order chi connectivity index (χ0) is 15.4. The molecule has 0 aliphatic rings. The van der Waals surface area contributed by atoms with Gasteiger partial charge >= 0.3 is 0 Å². The predicted octanol–water partition coefficient (Wildman–Crippen LogP) is 5.69. The van der Waals surface area contributed by atoms with Crippen LogP contribution < -0.4 is 9.47 Å². The van der Waals surface area contributed by atoms with Crippen molar-refractivity contribution in [2.45, 2.75) is 11.2 Å². The highest BCUT2D eigenvalue weighted by atomic mass is 79.9. The van der Waals surface area contributed by atoms with Gasteiger partial charge in [-0.3, -0.25) is 0 Å². The summed E-state index contributed by atoms with van der Waals surface area (Å²) in [5.41, 5.74) is 2.06. The summed E-state index contributed by atoms with van der Waals surface area (Å²) in [7, 11) is 3.30. The second kappa shape index (κ2) is 7.39. The summed E-state index contributed by atoms with van der Waals surface area (Å²) in [5.74, 6) is 1.58. The monoisotopic (exact) mass is 388 g/mol. The van der Waals surface area contributed by atoms with E-state index in [4.69, 9.17) is 32.7 Å². The van der Waals surface area contributed by atoms with Crippen LogP contribution in [0.1, 0.15) is 16.0 Å². The standard InChI is InChI=1S/C16H15BrCl2O2/c1-20-14-4-3-5-15(21-2)16(14)11(17)8-10-6-7-12(18)13(19)9-10/h3-7,9,11H,8H2,1-2H3. The third kappa shape index (κ3) is 3.85. The lowest BCUT2D eigenvalue weighted by atomic mass is 10.0. The highest BCUT2D eigenvalue weighted by Crippen LogP contribution is 2.40. The Labute approximate surface area is 143 Å². The number of ether oxygens (including phenoxy) is 2. The molecule has 0 aliphatic heterocycles. The lowest BCUT2D eigenvalue weighted by Gasteiger charge is -2.18. The molecule has 0 saturated heterocycles. The van der Waals surface area contributed by atoms with Crippen LogP contribution in [-0.2, 0) is 6.42 Å². The summed E-state index contributed by atoms with van der Waals surface area (Å²) in [6, 6.07) is 11.4. The maximum Gasteiger partial charge on any atom is 0.126 e. The summed E-state index contributed by atoms with van der Waals surface area (Å²) >= 11 is 15.7. The van der Waals surface area contributed by atoms with E-state index in [1.807, 2.05) is 30.3 Å². The van der Waals surface area contributed by atoms with Gasteiger partial charge in [-0.2, -0.15) is 0 Å². The number of rotatable bonds is 5. The molecule has 0 aromatic heterocycles. The van der Waals surface area contributed by atoms with Crippen LogP contribution >= 0.6 is 39.1 Å². The highest BCUT2D eigenvalue weighted by molar-refractivity contribution is 9.09. The number of hydrogen-bond donors (Lipinski definition) is 0. The summed E-state index contributed by atoms with van der Waals surface area (Å²) in [5, 5.41) is 1.11. The fraction of sp³-hybridized carbons (Fsp3) is 0.250. The molecular formula is C16H15BrCl2O2. The van der Waals surface area contributed by atoms with Crippen molar-refractivity contribution in [1.29, 1.82) is 0 Å². The molecule has 5 heteroatoms. The first-order chi connectivity index (χ1) is 10.1. The topological polar surface area (TPSA) is 18.5 Å². The quantitative estimate of drug-likeness (QED) is 0.611. The second-order valence-corrected chi connectivity index (χ2v) is 6.42. The summed E-state index contributed by atoms with van der Waals surface area (Å²) in [4.78, 5) is 0.0424. The molecule has 2 rings (SSSR count). The van der Waals surface area contributed by atoms with Crippen LogP contribution in [0, 0.1) is 0 Å². The van der Waals surface area contributed by atoms with Crippen LogP contribution in [0.5, 0.6) is 11.5 Å². The van der Waals surface area contributed by atoms with Gasteiger partial charge in [-0.25, -0.2) is 0 Å². The summed E-state index contributed by atoms with van der Waals surface area (Å²) < 4.78 is 10.9. The molecule has 1 atom stereocenters. The van der Waals surface area contributed by atoms with Gasteiger partial charge < -0.3 is 9.47 Å². The van der Waals surface area contributed by atoms with Crippen LogP contribution in [0.2, 0.25) is 10.0 Å². The van der Waals surface area contributed by atoms with Crippen molar-refractivity contribution < 1.29 is 9.47 Å². The average Bonchev–Trinajstić information content (AvgIpc) is 2.49. The van der Waals surface area contributed by atoms with Gasteiger partial charge in [-0.15, -0.1) is 0 Å². The van der Waals surface area contributed by atoms with E-state index in [9.17, 15) is 0 Å². The largest absolute Gasteiger partial charge is 0.496 e. The van der Waals surface area contributed by atoms with Gasteiger partial charge in [0, 0.05) is 0 Å². The zero-order valence-corrected chi connectivity index (χ0v) is 14.8. The Bertz CT molecular complexity index is 609. The Hall–Kier alpha value is -0.900. The van der Waals surface area contributed by atoms with Crippen LogP contribution in [0.15, 0.2) is 36.4 Å². The fourth-order valence-electron chi connectivity index (χ4n) is 2.16. The Kier molecular flexibility index (Phi) is 5.80. The van der Waals surface area contributed by atoms with Crippen LogP contribution in [-0.4, -0.2) is 14.2 Å². The first-order valence-electron chi connectivity index (χ1n) is 6.35. The molecule has 0 N–H and O–H groups in total. The van der Waals surface area contributed by atoms with E-state index >= 15 is 0 Å². The molecule has 1 unspecified atom stereocenters. The molecule has 0 spiro atoms. The lowest BCUT2D eigenvalue weighted by Crippen LogP contribution is -2.02. The maximum atomic E-state index is 6.06. The summed E-state index contributed by atoms with van der Waals surface area (Å²) in [6.45, 7) is 0. The first-order valence-corrected chi connectivity index (χ1v) is 8.03. The molecule has 0 saturated carbocycles. The van der Waals surface area contributed by atoms with Crippen molar-refractivity contribution in [3.63, 3.8) is 0 Å². The highest BCUT2D eigenvalue weighted by Gasteiger charge is 2.19. The Morgan fingerprint density at radius 1 is 1.00 bits per heavy atom. The Morgan fingerprint density at radius 2 is 1.62 bits per heavy atom. The fourth-order valence-corrected chi connectivity index (χ4v) is 3.31. The van der Waals surface area contributed by atoms with Crippen molar-refractivity contribution in [3.8, 4) is 11.5 Å². The van der Waals surface area contributed by atoms with Crippen molar-refractivity contribution >= 4 is 39.1 Å². The SMILES string of the molecule is COc1cccc(OC)c1C(Br)Cc1ccc(Cl)c(Cl)c1. The van der Waals surface area contributed by atoms with E-state index in [2.05, 4.69) is 15.9 Å². The third-order valence-corrected chi connectivity index (χ3v) is 4.70. The summed E-state index contributed by atoms with van der Waals surface area (Å²) in [6.07, 6.45) is 0.744. The molecule has 0 radical (unpaired) electrons. The molecule has 2 aromatic carbocycles. The van der Waals surface area contributed by atoms with Crippen LogP contribution in [0.25, 0.3) is 0 Å². The molecule has 0 fully saturated rings. The van der Waals surface area contributed by atoms with E-state index in [0.29, 0.717) is 10.0 Å². The minimum Gasteiger partial charge on any atom is -0.496 e. The van der Waals surface area contributed by atoms with Gasteiger partial charge in [0.2, 0.25) is 0 Å². The van der Waals surface area contributed by atoms with Crippen molar-refractivity contribution in [3.05, 3.63) is 57.6 Å². The normalized spacial score (nSPS) is 12.0. The number of benzene rings is 2. The number of halogens is 3. The van der Waals surface area contributed by atoms with Gasteiger partial charge in [0.25, 0.3) is 0 Å². The molecule has 0 amide bonds. The van der Waals surface area contributed by atoms with Crippen molar-refractivity contribution in [2.24, 2.45) is 0 Å². The molecule has 112 valence electrons. The molecule has 0 heterocycles. The lowest BCUT2D eigenvalue weighted by molar-refractivity contribution is 0.385. The van der Waals surface area contributed by atoms with Gasteiger partial charge in [0.05, 0.1) is 34.7 Å². The Morgan fingerprint density at radius 3 is 2.14 bits per heavy atom. The minimum atomic E-state index is 0.0424. The molecular weight excluding hydrogens is 375 g/mol. The van der Waals surface area contributed by atoms with Gasteiger partial charge in [-0.05, 0) is 36.2 Å². The maximum absolute atomic E-state index is 6.06. The average molecular weight is 390 g/mol. The number of hydrogen-bond acceptors (Lipinski definition) is 2. The predicted molar refractivity (Wildman–Crippen MR) is 91.4 cm³/mol. The molecule has 0 bridgehead atoms. The van der Waals surface area contributed by atoms with E-state index in [0.717, 1.165) is 29.0 Å². The van der Waals surface area contributed by atoms with Gasteiger partial charge in [-0.1, -0.05) is 51.3 Å². The van der Waals surface area contributed by atoms with Crippen molar-refractivity contribution in [2.75, 3.05) is 14.2 Å². The third-order valence-electron chi connectivity index (χ3n) is 3.18. The molecule has 2 aromatic rings. The molecule has 0 aliphatic carbocycles. The molecule has 2 nitrogen and oxygen atoms in total. The second-order valence-electron chi connectivity index (χ2n) is 4.50. The van der Waals surface area contributed by atoms with E-state index in [1.165, 1.54) is 0 Å². The smallest absolute Gasteiger partial charge is 0.126 e. The van der Waals surface area contributed by atoms with Crippen LogP contribution in [0.3, 0.4) is 0 Å². The van der Waals surface area contributed by atoms with Crippen molar-refractivity contribution in [1.82, 2.24) is 0 Å². The number of methoxy groups -OCH3 is 2. The van der Waals surface area contributed by atoms with E-state index in [1.54, 1.807) is 20.3 Å².